The molecule has 0 radical (unpaired) electrons. The van der Waals surface area contributed by atoms with Crippen LogP contribution < -0.4 is 10.5 Å². The summed E-state index contributed by atoms with van der Waals surface area (Å²) in [4.78, 5) is 4.91. The van der Waals surface area contributed by atoms with E-state index >= 15 is 0 Å². The summed E-state index contributed by atoms with van der Waals surface area (Å²) >= 11 is 6.37. The van der Waals surface area contributed by atoms with Gasteiger partial charge in [-0.3, -0.25) is 9.80 Å². The molecule has 2 aliphatic rings. The number of rotatable bonds is 7. The standard InChI is InChI=1S/C32H34ClF3N4O/c33-30-4-2-1-3-24(30)20-39-15-13-38(14-16-39)19-22-5-12-31-28(17-22)29(21-40(31)26-9-8-25(37)18-26)23-6-10-27(11-7-23)41-32(34,35)36/h1-7,10-12,17,21,25-26H,8-9,13-16,18-20,37H2/t25-,26?/m0/s1. The van der Waals surface area contributed by atoms with E-state index in [1.165, 1.54) is 17.7 Å². The van der Waals surface area contributed by atoms with Gasteiger partial charge in [0.2, 0.25) is 0 Å². The summed E-state index contributed by atoms with van der Waals surface area (Å²) in [5, 5.41) is 1.91. The molecule has 5 nitrogen and oxygen atoms in total. The molecule has 1 aromatic heterocycles. The topological polar surface area (TPSA) is 46.7 Å². The number of halogens is 4. The van der Waals surface area contributed by atoms with Crippen molar-refractivity contribution in [2.24, 2.45) is 5.73 Å². The molecule has 2 heterocycles. The highest BCUT2D eigenvalue weighted by Crippen LogP contribution is 2.39. The summed E-state index contributed by atoms with van der Waals surface area (Å²) in [6.07, 6.45) is 0.354. The summed E-state index contributed by atoms with van der Waals surface area (Å²) in [5.74, 6) is -0.221. The largest absolute Gasteiger partial charge is 0.573 e. The number of piperazine rings is 1. The van der Waals surface area contributed by atoms with Crippen LogP contribution >= 0.6 is 11.6 Å². The number of nitrogens with zero attached hydrogens (tertiary/aromatic N) is 3. The van der Waals surface area contributed by atoms with Gasteiger partial charge in [-0.2, -0.15) is 0 Å². The summed E-state index contributed by atoms with van der Waals surface area (Å²) in [7, 11) is 0. The maximum absolute atomic E-state index is 12.7. The fraction of sp³-hybridized carbons (Fsp3) is 0.375. The van der Waals surface area contributed by atoms with Gasteiger partial charge in [-0.15, -0.1) is 13.2 Å². The molecule has 41 heavy (non-hydrogen) atoms. The maximum atomic E-state index is 12.7. The number of hydrogen-bond donors (Lipinski definition) is 1. The first kappa shape index (κ1) is 28.1. The first-order valence-electron chi connectivity index (χ1n) is 14.2. The summed E-state index contributed by atoms with van der Waals surface area (Å²) in [5.41, 5.74) is 11.6. The predicted molar refractivity (Wildman–Crippen MR) is 157 cm³/mol. The number of benzene rings is 3. The molecule has 4 aromatic rings. The van der Waals surface area contributed by atoms with E-state index in [1.807, 2.05) is 18.2 Å². The van der Waals surface area contributed by atoms with E-state index in [1.54, 1.807) is 12.1 Å². The van der Waals surface area contributed by atoms with Crippen molar-refractivity contribution in [1.82, 2.24) is 14.4 Å². The fourth-order valence-electron chi connectivity index (χ4n) is 6.24. The number of nitrogens with two attached hydrogens (primary N) is 1. The average Bonchev–Trinajstić information content (AvgIpc) is 3.54. The predicted octanol–water partition coefficient (Wildman–Crippen LogP) is 7.23. The maximum Gasteiger partial charge on any atom is 0.573 e. The minimum Gasteiger partial charge on any atom is -0.406 e. The minimum atomic E-state index is -4.71. The van der Waals surface area contributed by atoms with Crippen molar-refractivity contribution in [1.29, 1.82) is 0 Å². The molecule has 0 amide bonds. The molecular formula is C32H34ClF3N4O. The van der Waals surface area contributed by atoms with Crippen LogP contribution in [0.25, 0.3) is 22.0 Å². The molecule has 9 heteroatoms. The van der Waals surface area contributed by atoms with Crippen molar-refractivity contribution in [3.8, 4) is 16.9 Å². The average molecular weight is 583 g/mol. The third kappa shape index (κ3) is 6.56. The van der Waals surface area contributed by atoms with Crippen LogP contribution in [0.2, 0.25) is 5.02 Å². The molecule has 1 unspecified atom stereocenters. The molecule has 2 fully saturated rings. The number of aromatic nitrogens is 1. The lowest BCUT2D eigenvalue weighted by molar-refractivity contribution is -0.274. The zero-order valence-electron chi connectivity index (χ0n) is 22.8. The molecule has 1 aliphatic heterocycles. The number of ether oxygens (including phenoxy) is 1. The number of fused-ring (bicyclic) bond motifs is 1. The molecule has 0 bridgehead atoms. The quantitative estimate of drug-likeness (QED) is 0.250. The lowest BCUT2D eigenvalue weighted by atomic mass is 10.0. The normalized spacial score (nSPS) is 20.6. The summed E-state index contributed by atoms with van der Waals surface area (Å²) in [6.45, 7) is 5.59. The van der Waals surface area contributed by atoms with Gasteiger partial charge in [0.1, 0.15) is 5.75 Å². The third-order valence-corrected chi connectivity index (χ3v) is 8.73. The van der Waals surface area contributed by atoms with Crippen molar-refractivity contribution in [2.75, 3.05) is 26.2 Å². The molecule has 0 spiro atoms. The molecular weight excluding hydrogens is 549 g/mol. The van der Waals surface area contributed by atoms with Crippen LogP contribution in [-0.2, 0) is 13.1 Å². The monoisotopic (exact) mass is 582 g/mol. The Morgan fingerprint density at radius 2 is 1.59 bits per heavy atom. The molecule has 1 saturated heterocycles. The van der Waals surface area contributed by atoms with E-state index in [0.29, 0.717) is 6.04 Å². The SMILES string of the molecule is N[C@H]1CCC(n2cc(-c3ccc(OC(F)(F)F)cc3)c3cc(CN4CCN(Cc5ccccc5Cl)CC4)ccc32)C1. The van der Waals surface area contributed by atoms with Gasteiger partial charge >= 0.3 is 6.36 Å². The minimum absolute atomic E-state index is 0.190. The van der Waals surface area contributed by atoms with Crippen LogP contribution in [0.1, 0.15) is 36.4 Å². The third-order valence-electron chi connectivity index (χ3n) is 8.36. The highest BCUT2D eigenvalue weighted by Gasteiger charge is 2.31. The molecule has 1 saturated carbocycles. The lowest BCUT2D eigenvalue weighted by Crippen LogP contribution is -2.45. The highest BCUT2D eigenvalue weighted by molar-refractivity contribution is 6.31. The Morgan fingerprint density at radius 1 is 0.878 bits per heavy atom. The Morgan fingerprint density at radius 3 is 2.24 bits per heavy atom. The second-order valence-electron chi connectivity index (χ2n) is 11.2. The van der Waals surface area contributed by atoms with E-state index in [2.05, 4.69) is 49.6 Å². The Labute approximate surface area is 243 Å². The Balaban J connectivity index is 1.22. The van der Waals surface area contributed by atoms with Gasteiger partial charge in [0, 0.05) is 79.0 Å². The first-order valence-corrected chi connectivity index (χ1v) is 14.5. The molecule has 3 aromatic carbocycles. The second kappa shape index (κ2) is 11.7. The molecule has 1 aliphatic carbocycles. The molecule has 2 atom stereocenters. The van der Waals surface area contributed by atoms with Gasteiger partial charge in [0.15, 0.2) is 0 Å². The van der Waals surface area contributed by atoms with Crippen LogP contribution in [0.15, 0.2) is 72.9 Å². The van der Waals surface area contributed by atoms with E-state index in [4.69, 9.17) is 17.3 Å². The van der Waals surface area contributed by atoms with E-state index in [9.17, 15) is 13.2 Å². The van der Waals surface area contributed by atoms with Crippen molar-refractivity contribution in [3.05, 3.63) is 89.1 Å². The van der Waals surface area contributed by atoms with Crippen molar-refractivity contribution < 1.29 is 17.9 Å². The molecule has 2 N–H and O–H groups in total. The fourth-order valence-corrected chi connectivity index (χ4v) is 6.44. The van der Waals surface area contributed by atoms with Crippen molar-refractivity contribution >= 4 is 22.5 Å². The zero-order valence-corrected chi connectivity index (χ0v) is 23.5. The summed E-state index contributed by atoms with van der Waals surface area (Å²) < 4.78 is 44.5. The van der Waals surface area contributed by atoms with Gasteiger partial charge in [-0.1, -0.05) is 48.0 Å². The molecule has 6 rings (SSSR count). The number of hydrogen-bond acceptors (Lipinski definition) is 4. The van der Waals surface area contributed by atoms with Crippen LogP contribution in [0, 0.1) is 0 Å². The zero-order chi connectivity index (χ0) is 28.6. The van der Waals surface area contributed by atoms with Crippen LogP contribution in [0.4, 0.5) is 13.2 Å². The van der Waals surface area contributed by atoms with Gasteiger partial charge in [0.05, 0.1) is 0 Å². The van der Waals surface area contributed by atoms with Crippen LogP contribution in [-0.4, -0.2) is 53.0 Å². The van der Waals surface area contributed by atoms with Crippen molar-refractivity contribution in [3.63, 3.8) is 0 Å². The van der Waals surface area contributed by atoms with Crippen LogP contribution in [0.5, 0.6) is 5.75 Å². The summed E-state index contributed by atoms with van der Waals surface area (Å²) in [6, 6.07) is 21.3. The Hall–Kier alpha value is -3.04. The molecule has 216 valence electrons. The van der Waals surface area contributed by atoms with E-state index in [0.717, 1.165) is 91.1 Å². The highest BCUT2D eigenvalue weighted by atomic mass is 35.5. The Kier molecular flexibility index (Phi) is 8.01. The van der Waals surface area contributed by atoms with Gasteiger partial charge in [-0.25, -0.2) is 0 Å². The smallest absolute Gasteiger partial charge is 0.406 e. The van der Waals surface area contributed by atoms with E-state index < -0.39 is 6.36 Å². The number of alkyl halides is 3. The van der Waals surface area contributed by atoms with Gasteiger partial charge in [-0.05, 0) is 66.3 Å². The van der Waals surface area contributed by atoms with Crippen LogP contribution in [0.3, 0.4) is 0 Å². The first-order chi connectivity index (χ1) is 19.7. The van der Waals surface area contributed by atoms with Gasteiger partial charge in [0.25, 0.3) is 0 Å². The van der Waals surface area contributed by atoms with E-state index in [-0.39, 0.29) is 11.8 Å². The van der Waals surface area contributed by atoms with Gasteiger partial charge < -0.3 is 15.0 Å². The lowest BCUT2D eigenvalue weighted by Gasteiger charge is -2.35. The Bertz CT molecular complexity index is 1500. The second-order valence-corrected chi connectivity index (χ2v) is 11.7. The van der Waals surface area contributed by atoms with Crippen molar-refractivity contribution in [2.45, 2.75) is 50.8 Å².